The van der Waals surface area contributed by atoms with Gasteiger partial charge in [0.15, 0.2) is 0 Å². The second-order valence-corrected chi connectivity index (χ2v) is 5.27. The van der Waals surface area contributed by atoms with Crippen LogP contribution in [0.25, 0.3) is 10.9 Å². The number of hydrogen-bond donors (Lipinski definition) is 0. The number of hydrogen-bond acceptors (Lipinski definition) is 4. The molecule has 5 nitrogen and oxygen atoms in total. The molecule has 0 unspecified atom stereocenters. The Hall–Kier alpha value is -2.21. The molecular formula is C13H11N3O2S. The highest BCUT2D eigenvalue weighted by molar-refractivity contribution is 7.09. The van der Waals surface area contributed by atoms with E-state index in [1.165, 1.54) is 6.07 Å². The van der Waals surface area contributed by atoms with Gasteiger partial charge in [-0.2, -0.15) is 0 Å². The zero-order chi connectivity index (χ0) is 13.4. The van der Waals surface area contributed by atoms with Crippen LogP contribution in [0.15, 0.2) is 35.8 Å². The van der Waals surface area contributed by atoms with Gasteiger partial charge in [-0.3, -0.25) is 10.1 Å². The minimum atomic E-state index is -0.374. The van der Waals surface area contributed by atoms with Gasteiger partial charge in [0.05, 0.1) is 11.5 Å². The quantitative estimate of drug-likeness (QED) is 0.543. The highest BCUT2D eigenvalue weighted by atomic mass is 32.1. The van der Waals surface area contributed by atoms with Gasteiger partial charge in [0.1, 0.15) is 5.01 Å². The summed E-state index contributed by atoms with van der Waals surface area (Å²) in [5.41, 5.74) is 2.13. The van der Waals surface area contributed by atoms with Crippen molar-refractivity contribution in [3.63, 3.8) is 0 Å². The number of rotatable bonds is 3. The lowest BCUT2D eigenvalue weighted by Crippen LogP contribution is -1.97. The molecule has 2 heterocycles. The van der Waals surface area contributed by atoms with Crippen molar-refractivity contribution in [3.8, 4) is 0 Å². The van der Waals surface area contributed by atoms with E-state index in [2.05, 4.69) is 9.55 Å². The second kappa shape index (κ2) is 4.47. The zero-order valence-corrected chi connectivity index (χ0v) is 11.1. The Balaban J connectivity index is 1.99. The first-order chi connectivity index (χ1) is 9.13. The van der Waals surface area contributed by atoms with E-state index in [-0.39, 0.29) is 10.6 Å². The first-order valence-corrected chi connectivity index (χ1v) is 6.66. The molecule has 0 aliphatic heterocycles. The van der Waals surface area contributed by atoms with Gasteiger partial charge in [0.2, 0.25) is 0 Å². The number of fused-ring (bicyclic) bond motifs is 1. The van der Waals surface area contributed by atoms with Gasteiger partial charge in [0.25, 0.3) is 5.69 Å². The smallest absolute Gasteiger partial charge is 0.270 e. The fourth-order valence-corrected chi connectivity index (χ4v) is 2.83. The number of thiazole rings is 1. The maximum Gasteiger partial charge on any atom is 0.270 e. The van der Waals surface area contributed by atoms with Crippen LogP contribution >= 0.6 is 11.3 Å². The first-order valence-electron chi connectivity index (χ1n) is 5.78. The van der Waals surface area contributed by atoms with E-state index >= 15 is 0 Å². The molecule has 0 aliphatic carbocycles. The summed E-state index contributed by atoms with van der Waals surface area (Å²) in [6.45, 7) is 2.66. The van der Waals surface area contributed by atoms with Crippen molar-refractivity contribution in [2.24, 2.45) is 0 Å². The van der Waals surface area contributed by atoms with Gasteiger partial charge in [-0.1, -0.05) is 0 Å². The van der Waals surface area contributed by atoms with Crippen LogP contribution in [0.3, 0.4) is 0 Å². The Morgan fingerprint density at radius 2 is 2.26 bits per heavy atom. The number of benzene rings is 1. The number of aryl methyl sites for hydroxylation is 1. The van der Waals surface area contributed by atoms with Crippen LogP contribution in [0, 0.1) is 17.0 Å². The van der Waals surface area contributed by atoms with Crippen molar-refractivity contribution in [2.45, 2.75) is 13.5 Å². The molecule has 0 atom stereocenters. The minimum Gasteiger partial charge on any atom is -0.341 e. The van der Waals surface area contributed by atoms with Crippen molar-refractivity contribution in [1.82, 2.24) is 9.55 Å². The molecule has 1 aromatic carbocycles. The third-order valence-corrected chi connectivity index (χ3v) is 3.89. The highest BCUT2D eigenvalue weighted by Gasteiger charge is 2.09. The van der Waals surface area contributed by atoms with E-state index in [1.54, 1.807) is 23.5 Å². The predicted molar refractivity (Wildman–Crippen MR) is 74.5 cm³/mol. The molecule has 96 valence electrons. The molecule has 0 amide bonds. The molecule has 0 N–H and O–H groups in total. The lowest BCUT2D eigenvalue weighted by atomic mass is 10.2. The zero-order valence-electron chi connectivity index (χ0n) is 10.2. The largest absolute Gasteiger partial charge is 0.341 e. The number of nitrogens with zero attached hydrogens (tertiary/aromatic N) is 3. The molecule has 0 saturated carbocycles. The summed E-state index contributed by atoms with van der Waals surface area (Å²) in [6, 6.07) is 6.81. The molecule has 3 aromatic rings. The summed E-state index contributed by atoms with van der Waals surface area (Å²) in [7, 11) is 0. The molecule has 19 heavy (non-hydrogen) atoms. The molecule has 0 fully saturated rings. The Morgan fingerprint density at radius 3 is 2.95 bits per heavy atom. The van der Waals surface area contributed by atoms with Crippen LogP contribution in [0.1, 0.15) is 10.7 Å². The van der Waals surface area contributed by atoms with Crippen molar-refractivity contribution >= 4 is 27.9 Å². The summed E-state index contributed by atoms with van der Waals surface area (Å²) >= 11 is 1.62. The van der Waals surface area contributed by atoms with Gasteiger partial charge in [-0.15, -0.1) is 11.3 Å². The third kappa shape index (κ3) is 2.22. The highest BCUT2D eigenvalue weighted by Crippen LogP contribution is 2.23. The fraction of sp³-hybridized carbons (Fsp3) is 0.154. The Morgan fingerprint density at radius 1 is 1.42 bits per heavy atom. The molecule has 0 saturated heterocycles. The summed E-state index contributed by atoms with van der Waals surface area (Å²) in [5.74, 6) is 0. The third-order valence-electron chi connectivity index (χ3n) is 2.94. The number of aromatic nitrogens is 2. The van der Waals surface area contributed by atoms with E-state index in [1.807, 2.05) is 24.6 Å². The van der Waals surface area contributed by atoms with E-state index in [9.17, 15) is 10.1 Å². The molecule has 0 aliphatic rings. The Kier molecular flexibility index (Phi) is 2.79. The first kappa shape index (κ1) is 11.9. The summed E-state index contributed by atoms with van der Waals surface area (Å²) in [5, 5.41) is 14.7. The van der Waals surface area contributed by atoms with Crippen molar-refractivity contribution in [3.05, 3.63) is 56.7 Å². The molecule has 0 spiro atoms. The summed E-state index contributed by atoms with van der Waals surface area (Å²) in [6.07, 6.45) is 1.94. The average molecular weight is 273 g/mol. The normalized spacial score (nSPS) is 11.0. The molecule has 0 radical (unpaired) electrons. The Labute approximate surface area is 113 Å². The monoisotopic (exact) mass is 273 g/mol. The summed E-state index contributed by atoms with van der Waals surface area (Å²) < 4.78 is 2.05. The molecule has 0 bridgehead atoms. The predicted octanol–water partition coefficient (Wildman–Crippen LogP) is 3.36. The van der Waals surface area contributed by atoms with Gasteiger partial charge >= 0.3 is 0 Å². The van der Waals surface area contributed by atoms with E-state index in [4.69, 9.17) is 0 Å². The van der Waals surface area contributed by atoms with E-state index in [0.717, 1.165) is 21.6 Å². The number of nitro benzene ring substituents is 1. The van der Waals surface area contributed by atoms with Gasteiger partial charge < -0.3 is 4.57 Å². The molecular weight excluding hydrogens is 262 g/mol. The van der Waals surface area contributed by atoms with Crippen LogP contribution in [0.4, 0.5) is 5.69 Å². The van der Waals surface area contributed by atoms with Crippen molar-refractivity contribution in [2.75, 3.05) is 0 Å². The molecule has 2 aromatic heterocycles. The topological polar surface area (TPSA) is 61.0 Å². The van der Waals surface area contributed by atoms with Crippen LogP contribution in [0.2, 0.25) is 0 Å². The van der Waals surface area contributed by atoms with E-state index < -0.39 is 0 Å². The van der Waals surface area contributed by atoms with Crippen molar-refractivity contribution < 1.29 is 4.92 Å². The van der Waals surface area contributed by atoms with Crippen molar-refractivity contribution in [1.29, 1.82) is 0 Å². The molecule has 6 heteroatoms. The second-order valence-electron chi connectivity index (χ2n) is 4.33. The van der Waals surface area contributed by atoms with Crippen LogP contribution in [-0.2, 0) is 6.54 Å². The Bertz CT molecular complexity index is 760. The van der Waals surface area contributed by atoms with Crippen LogP contribution < -0.4 is 0 Å². The lowest BCUT2D eigenvalue weighted by Gasteiger charge is -2.02. The SMILES string of the molecule is Cc1csc(Cn2ccc3cc([N+](=O)[O-])ccc32)n1. The number of nitro groups is 1. The van der Waals surface area contributed by atoms with Crippen LogP contribution in [0.5, 0.6) is 0 Å². The maximum atomic E-state index is 10.7. The lowest BCUT2D eigenvalue weighted by molar-refractivity contribution is -0.384. The van der Waals surface area contributed by atoms with Gasteiger partial charge in [0, 0.05) is 40.3 Å². The van der Waals surface area contributed by atoms with Gasteiger partial charge in [-0.05, 0) is 19.1 Å². The fourth-order valence-electron chi connectivity index (χ4n) is 2.06. The average Bonchev–Trinajstić information content (AvgIpc) is 2.96. The summed E-state index contributed by atoms with van der Waals surface area (Å²) in [4.78, 5) is 14.8. The van der Waals surface area contributed by atoms with Crippen LogP contribution in [-0.4, -0.2) is 14.5 Å². The van der Waals surface area contributed by atoms with Gasteiger partial charge in [-0.25, -0.2) is 4.98 Å². The van der Waals surface area contributed by atoms with E-state index in [0.29, 0.717) is 6.54 Å². The standard InChI is InChI=1S/C13H11N3O2S/c1-9-8-19-13(14-9)7-15-5-4-10-6-11(16(17)18)2-3-12(10)15/h2-6,8H,7H2,1H3. The minimum absolute atomic E-state index is 0.121. The maximum absolute atomic E-state index is 10.7. The number of non-ortho nitro benzene ring substituents is 1. The molecule has 3 rings (SSSR count).